The van der Waals surface area contributed by atoms with Gasteiger partial charge in [0.05, 0.1) is 13.2 Å². The number of fused-ring (bicyclic) bond motifs is 2. The van der Waals surface area contributed by atoms with Crippen LogP contribution in [0.2, 0.25) is 0 Å². The van der Waals surface area contributed by atoms with Crippen molar-refractivity contribution in [2.45, 2.75) is 13.2 Å². The maximum Gasteiger partial charge on any atom is 0.151 e. The summed E-state index contributed by atoms with van der Waals surface area (Å²) >= 11 is 0. The predicted octanol–water partition coefficient (Wildman–Crippen LogP) is 5.58. The van der Waals surface area contributed by atoms with Crippen molar-refractivity contribution >= 4 is 34.1 Å². The molecule has 150 valence electrons. The Morgan fingerprint density at radius 1 is 0.667 bits per heavy atom. The smallest absolute Gasteiger partial charge is 0.151 e. The summed E-state index contributed by atoms with van der Waals surface area (Å²) in [5.41, 5.74) is 4.17. The summed E-state index contributed by atoms with van der Waals surface area (Å²) in [5, 5.41) is 3.82. The molecule has 0 unspecified atom stereocenters. The van der Waals surface area contributed by atoms with Crippen molar-refractivity contribution in [1.82, 2.24) is 0 Å². The number of rotatable bonds is 7. The highest BCUT2D eigenvalue weighted by Crippen LogP contribution is 2.41. The first-order valence-electron chi connectivity index (χ1n) is 9.71. The quantitative estimate of drug-likeness (QED) is 0.382. The third-order valence-electron chi connectivity index (χ3n) is 5.44. The number of hydrogen-bond acceptors (Lipinski definition) is 4. The maximum atomic E-state index is 12.3. The molecule has 0 fully saturated rings. The molecule has 30 heavy (non-hydrogen) atoms. The van der Waals surface area contributed by atoms with E-state index in [1.807, 2.05) is 60.7 Å². The molecule has 0 bridgehead atoms. The van der Waals surface area contributed by atoms with Gasteiger partial charge in [-0.3, -0.25) is 9.59 Å². The van der Waals surface area contributed by atoms with Gasteiger partial charge < -0.3 is 9.47 Å². The van der Waals surface area contributed by atoms with E-state index in [0.29, 0.717) is 24.3 Å². The molecule has 0 atom stereocenters. The van der Waals surface area contributed by atoms with E-state index in [1.165, 1.54) is 0 Å². The van der Waals surface area contributed by atoms with Crippen molar-refractivity contribution < 1.29 is 19.1 Å². The van der Waals surface area contributed by atoms with Crippen LogP contribution in [0.3, 0.4) is 0 Å². The van der Waals surface area contributed by atoms with Crippen LogP contribution in [0.1, 0.15) is 31.8 Å². The van der Waals surface area contributed by atoms with Crippen LogP contribution in [-0.2, 0) is 22.7 Å². The van der Waals surface area contributed by atoms with E-state index < -0.39 is 0 Å². The lowest BCUT2D eigenvalue weighted by atomic mass is 9.84. The van der Waals surface area contributed by atoms with Gasteiger partial charge in [0.1, 0.15) is 0 Å². The number of methoxy groups -OCH3 is 2. The van der Waals surface area contributed by atoms with Crippen molar-refractivity contribution in [2.24, 2.45) is 0 Å². The summed E-state index contributed by atoms with van der Waals surface area (Å²) in [6.45, 7) is 0.607. The van der Waals surface area contributed by atoms with Gasteiger partial charge >= 0.3 is 0 Å². The molecule has 0 aliphatic heterocycles. The second-order valence-electron chi connectivity index (χ2n) is 7.19. The Morgan fingerprint density at radius 3 is 1.43 bits per heavy atom. The monoisotopic (exact) mass is 398 g/mol. The molecule has 4 aromatic rings. The lowest BCUT2D eigenvalue weighted by molar-refractivity contribution is 0.111. The van der Waals surface area contributed by atoms with Gasteiger partial charge in [-0.25, -0.2) is 0 Å². The van der Waals surface area contributed by atoms with E-state index in [9.17, 15) is 9.59 Å². The molecule has 4 rings (SSSR count). The molecule has 4 heteroatoms. The van der Waals surface area contributed by atoms with Crippen LogP contribution in [0.5, 0.6) is 0 Å². The van der Waals surface area contributed by atoms with Gasteiger partial charge in [-0.05, 0) is 44.8 Å². The number of ether oxygens (including phenoxy) is 2. The molecular formula is C26H22O4. The molecule has 0 saturated heterocycles. The molecule has 4 nitrogen and oxygen atoms in total. The Hall–Kier alpha value is -3.34. The standard InChI is InChI=1S/C26H22O4/c1-29-15-19-11-17-7-3-5-9-21(17)25(23(19)13-27)26-22-10-6-4-8-18(22)12-20(16-30-2)24(26)14-28/h3-14H,15-16H2,1-2H3. The van der Waals surface area contributed by atoms with Crippen LogP contribution >= 0.6 is 0 Å². The highest BCUT2D eigenvalue weighted by atomic mass is 16.5. The van der Waals surface area contributed by atoms with Crippen molar-refractivity contribution in [3.8, 4) is 11.1 Å². The topological polar surface area (TPSA) is 52.6 Å². The molecule has 0 amide bonds. The number of benzene rings is 4. The zero-order chi connectivity index (χ0) is 21.1. The van der Waals surface area contributed by atoms with E-state index in [2.05, 4.69) is 0 Å². The summed E-state index contributed by atoms with van der Waals surface area (Å²) in [6, 6.07) is 19.8. The Labute approximate surface area is 175 Å². The summed E-state index contributed by atoms with van der Waals surface area (Å²) in [5.74, 6) is 0. The average Bonchev–Trinajstić information content (AvgIpc) is 2.78. The van der Waals surface area contributed by atoms with Gasteiger partial charge in [-0.15, -0.1) is 0 Å². The molecule has 0 aliphatic carbocycles. The van der Waals surface area contributed by atoms with Crippen LogP contribution in [0.4, 0.5) is 0 Å². The zero-order valence-electron chi connectivity index (χ0n) is 17.0. The number of hydrogen-bond donors (Lipinski definition) is 0. The first-order chi connectivity index (χ1) is 14.7. The highest BCUT2D eigenvalue weighted by Gasteiger charge is 2.21. The first-order valence-corrected chi connectivity index (χ1v) is 9.71. The lowest BCUT2D eigenvalue weighted by Gasteiger charge is -2.20. The predicted molar refractivity (Wildman–Crippen MR) is 119 cm³/mol. The van der Waals surface area contributed by atoms with Crippen molar-refractivity contribution in [3.05, 3.63) is 82.9 Å². The Kier molecular flexibility index (Phi) is 5.70. The highest BCUT2D eigenvalue weighted by molar-refractivity contribution is 6.15. The second-order valence-corrected chi connectivity index (χ2v) is 7.19. The largest absolute Gasteiger partial charge is 0.380 e. The molecule has 0 saturated carbocycles. The molecule has 0 radical (unpaired) electrons. The minimum atomic E-state index is 0.304. The van der Waals surface area contributed by atoms with E-state index in [0.717, 1.165) is 56.4 Å². The lowest BCUT2D eigenvalue weighted by Crippen LogP contribution is -2.04. The van der Waals surface area contributed by atoms with Crippen LogP contribution in [-0.4, -0.2) is 26.8 Å². The Balaban J connectivity index is 2.25. The zero-order valence-corrected chi connectivity index (χ0v) is 17.0. The van der Waals surface area contributed by atoms with E-state index in [1.54, 1.807) is 14.2 Å². The fourth-order valence-electron chi connectivity index (χ4n) is 4.20. The van der Waals surface area contributed by atoms with Gasteiger partial charge in [0.2, 0.25) is 0 Å². The molecule has 4 aromatic carbocycles. The molecule has 0 N–H and O–H groups in total. The first kappa shape index (κ1) is 20.0. The molecule has 0 heterocycles. The van der Waals surface area contributed by atoms with Gasteiger partial charge in [0.15, 0.2) is 12.6 Å². The maximum absolute atomic E-state index is 12.3. The third kappa shape index (κ3) is 3.30. The van der Waals surface area contributed by atoms with Gasteiger partial charge in [0, 0.05) is 36.5 Å². The number of aldehydes is 2. The van der Waals surface area contributed by atoms with Crippen molar-refractivity contribution in [3.63, 3.8) is 0 Å². The molecule has 0 aromatic heterocycles. The van der Waals surface area contributed by atoms with Crippen molar-refractivity contribution in [2.75, 3.05) is 14.2 Å². The number of carbonyl (C=O) groups excluding carboxylic acids is 2. The molecule has 0 aliphatic rings. The van der Waals surface area contributed by atoms with Gasteiger partial charge in [-0.1, -0.05) is 48.5 Å². The Morgan fingerprint density at radius 2 is 1.07 bits per heavy atom. The van der Waals surface area contributed by atoms with Gasteiger partial charge in [-0.2, -0.15) is 0 Å². The van der Waals surface area contributed by atoms with E-state index in [-0.39, 0.29) is 0 Å². The average molecular weight is 398 g/mol. The molecule has 0 spiro atoms. The van der Waals surface area contributed by atoms with E-state index >= 15 is 0 Å². The fourth-order valence-corrected chi connectivity index (χ4v) is 4.20. The summed E-state index contributed by atoms with van der Waals surface area (Å²) < 4.78 is 10.7. The fraction of sp³-hybridized carbons (Fsp3) is 0.154. The third-order valence-corrected chi connectivity index (χ3v) is 5.44. The van der Waals surface area contributed by atoms with Gasteiger partial charge in [0.25, 0.3) is 0 Å². The summed E-state index contributed by atoms with van der Waals surface area (Å²) in [4.78, 5) is 24.6. The van der Waals surface area contributed by atoms with Crippen LogP contribution < -0.4 is 0 Å². The normalized spacial score (nSPS) is 11.1. The SMILES string of the molecule is COCc1cc2ccccc2c(-c2c(C=O)c(COC)cc3ccccc23)c1C=O. The summed E-state index contributed by atoms with van der Waals surface area (Å²) in [6.07, 6.45) is 1.73. The van der Waals surface area contributed by atoms with Crippen LogP contribution in [0.15, 0.2) is 60.7 Å². The number of carbonyl (C=O) groups is 2. The minimum Gasteiger partial charge on any atom is -0.380 e. The van der Waals surface area contributed by atoms with Crippen LogP contribution in [0, 0.1) is 0 Å². The second kappa shape index (κ2) is 8.57. The van der Waals surface area contributed by atoms with Crippen molar-refractivity contribution in [1.29, 1.82) is 0 Å². The molecular weight excluding hydrogens is 376 g/mol. The minimum absolute atomic E-state index is 0.304. The van der Waals surface area contributed by atoms with E-state index in [4.69, 9.17) is 9.47 Å². The Bertz CT molecular complexity index is 1160. The summed E-state index contributed by atoms with van der Waals surface area (Å²) in [7, 11) is 3.21. The van der Waals surface area contributed by atoms with Crippen LogP contribution in [0.25, 0.3) is 32.7 Å².